The van der Waals surface area contributed by atoms with Gasteiger partial charge < -0.3 is 4.57 Å². The fraction of sp³-hybridized carbons (Fsp3) is 0.444. The summed E-state index contributed by atoms with van der Waals surface area (Å²) in [7, 11) is 1.84. The number of hydrogen-bond donors (Lipinski definition) is 0. The molecule has 1 aromatic rings. The lowest BCUT2D eigenvalue weighted by Gasteiger charge is -2.32. The van der Waals surface area contributed by atoms with Crippen LogP contribution in [0.5, 0.6) is 0 Å². The Bertz CT molecular complexity index is 391. The van der Waals surface area contributed by atoms with Gasteiger partial charge in [-0.3, -0.25) is 4.79 Å². The Hall–Kier alpha value is -1.63. The summed E-state index contributed by atoms with van der Waals surface area (Å²) in [6, 6.07) is 2.18. The van der Waals surface area contributed by atoms with E-state index in [1.165, 1.54) is 0 Å². The molecule has 0 unspecified atom stereocenters. The monoisotopic (exact) mass is 175 g/mol. The van der Waals surface area contributed by atoms with Crippen molar-refractivity contribution < 1.29 is 4.79 Å². The lowest BCUT2D eigenvalue weighted by atomic mass is 9.68. The normalized spacial score (nSPS) is 19.2. The van der Waals surface area contributed by atoms with Crippen molar-refractivity contribution >= 4 is 5.78 Å². The molecule has 0 aromatic carbocycles. The first-order chi connectivity index (χ1) is 6.18. The molecular weight excluding hydrogens is 166 g/mol. The molecule has 1 aliphatic carbocycles. The molecule has 0 amide bonds. The predicted octanol–water partition coefficient (Wildman–Crippen LogP) is 0.544. The number of aromatic nitrogens is 2. The van der Waals surface area contributed by atoms with Crippen molar-refractivity contribution in [2.75, 3.05) is 0 Å². The van der Waals surface area contributed by atoms with E-state index in [2.05, 4.69) is 11.1 Å². The van der Waals surface area contributed by atoms with Gasteiger partial charge in [-0.1, -0.05) is 0 Å². The number of rotatable bonds is 1. The summed E-state index contributed by atoms with van der Waals surface area (Å²) < 4.78 is 1.80. The highest BCUT2D eigenvalue weighted by molar-refractivity contribution is 5.89. The number of nitrogens with zero attached hydrogens (tertiary/aromatic N) is 3. The second-order valence-electron chi connectivity index (χ2n) is 3.45. The van der Waals surface area contributed by atoms with Gasteiger partial charge in [0.25, 0.3) is 0 Å². The number of nitriles is 1. The van der Waals surface area contributed by atoms with E-state index in [-0.39, 0.29) is 5.78 Å². The molecule has 0 atom stereocenters. The van der Waals surface area contributed by atoms with Gasteiger partial charge in [-0.2, -0.15) is 5.26 Å². The van der Waals surface area contributed by atoms with Crippen molar-refractivity contribution in [2.45, 2.75) is 18.3 Å². The number of aryl methyl sites for hydroxylation is 1. The summed E-state index contributed by atoms with van der Waals surface area (Å²) in [5.74, 6) is 0.846. The van der Waals surface area contributed by atoms with Gasteiger partial charge in [-0.05, 0) is 0 Å². The summed E-state index contributed by atoms with van der Waals surface area (Å²) in [5, 5.41) is 9.00. The van der Waals surface area contributed by atoms with Crippen molar-refractivity contribution in [2.24, 2.45) is 7.05 Å². The lowest BCUT2D eigenvalue weighted by Crippen LogP contribution is -2.42. The van der Waals surface area contributed by atoms with Crippen LogP contribution in [0.2, 0.25) is 0 Å². The van der Waals surface area contributed by atoms with Crippen LogP contribution in [0.1, 0.15) is 18.7 Å². The predicted molar refractivity (Wildman–Crippen MR) is 44.7 cm³/mol. The molecule has 0 N–H and O–H groups in total. The standard InChI is InChI=1S/C9H9N3O/c1-12-3-2-11-8(12)9(6-10)4-7(13)5-9/h2-3H,4-5H2,1H3. The Morgan fingerprint density at radius 1 is 1.69 bits per heavy atom. The largest absolute Gasteiger partial charge is 0.337 e. The summed E-state index contributed by atoms with van der Waals surface area (Å²) in [6.45, 7) is 0. The smallest absolute Gasteiger partial charge is 0.137 e. The molecule has 0 radical (unpaired) electrons. The molecule has 1 aromatic heterocycles. The summed E-state index contributed by atoms with van der Waals surface area (Å²) in [6.07, 6.45) is 4.07. The molecule has 4 nitrogen and oxygen atoms in total. The fourth-order valence-corrected chi connectivity index (χ4v) is 1.74. The fourth-order valence-electron chi connectivity index (χ4n) is 1.74. The maximum absolute atomic E-state index is 10.9. The van der Waals surface area contributed by atoms with Gasteiger partial charge in [0.1, 0.15) is 17.0 Å². The maximum atomic E-state index is 10.9. The van der Waals surface area contributed by atoms with Gasteiger partial charge >= 0.3 is 0 Å². The Kier molecular flexibility index (Phi) is 1.49. The first-order valence-corrected chi connectivity index (χ1v) is 4.09. The molecule has 0 saturated heterocycles. The van der Waals surface area contributed by atoms with Gasteiger partial charge in [-0.25, -0.2) is 4.98 Å². The third-order valence-corrected chi connectivity index (χ3v) is 2.46. The second kappa shape index (κ2) is 2.43. The minimum absolute atomic E-state index is 0.143. The van der Waals surface area contributed by atoms with E-state index < -0.39 is 5.41 Å². The third-order valence-electron chi connectivity index (χ3n) is 2.46. The zero-order valence-corrected chi connectivity index (χ0v) is 7.32. The van der Waals surface area contributed by atoms with Crippen LogP contribution in [-0.4, -0.2) is 15.3 Å². The number of Topliss-reactive ketones (excluding diaryl/α,β-unsaturated/α-hetero) is 1. The van der Waals surface area contributed by atoms with Crippen molar-refractivity contribution in [3.05, 3.63) is 18.2 Å². The van der Waals surface area contributed by atoms with Crippen LogP contribution in [0.3, 0.4) is 0 Å². The average Bonchev–Trinajstić information content (AvgIpc) is 2.46. The molecule has 4 heteroatoms. The van der Waals surface area contributed by atoms with Crippen LogP contribution < -0.4 is 0 Å². The molecule has 0 spiro atoms. The SMILES string of the molecule is Cn1ccnc1C1(C#N)CC(=O)C1. The first-order valence-electron chi connectivity index (χ1n) is 4.09. The van der Waals surface area contributed by atoms with Gasteiger partial charge in [-0.15, -0.1) is 0 Å². The molecule has 66 valence electrons. The summed E-state index contributed by atoms with van der Waals surface area (Å²) in [4.78, 5) is 15.0. The van der Waals surface area contributed by atoms with E-state index in [1.54, 1.807) is 17.0 Å². The Labute approximate surface area is 75.8 Å². The van der Waals surface area contributed by atoms with Crippen LogP contribution in [0.4, 0.5) is 0 Å². The Balaban J connectivity index is 2.41. The van der Waals surface area contributed by atoms with E-state index in [0.29, 0.717) is 18.7 Å². The third kappa shape index (κ3) is 0.970. The van der Waals surface area contributed by atoms with E-state index in [4.69, 9.17) is 5.26 Å². The van der Waals surface area contributed by atoms with Gasteiger partial charge in [0, 0.05) is 32.3 Å². The van der Waals surface area contributed by atoms with Crippen molar-refractivity contribution in [1.82, 2.24) is 9.55 Å². The van der Waals surface area contributed by atoms with Crippen LogP contribution in [0.15, 0.2) is 12.4 Å². The van der Waals surface area contributed by atoms with Crippen molar-refractivity contribution in [1.29, 1.82) is 5.26 Å². The molecule has 13 heavy (non-hydrogen) atoms. The van der Waals surface area contributed by atoms with Crippen molar-refractivity contribution in [3.8, 4) is 6.07 Å². The zero-order valence-electron chi connectivity index (χ0n) is 7.32. The van der Waals surface area contributed by atoms with Crippen molar-refractivity contribution in [3.63, 3.8) is 0 Å². The molecule has 0 bridgehead atoms. The number of ketones is 1. The summed E-state index contributed by atoms with van der Waals surface area (Å²) >= 11 is 0. The maximum Gasteiger partial charge on any atom is 0.137 e. The van der Waals surface area contributed by atoms with E-state index in [1.807, 2.05) is 7.05 Å². The molecule has 1 aliphatic rings. The number of hydrogen-bond acceptors (Lipinski definition) is 3. The van der Waals surface area contributed by atoms with Crippen LogP contribution in [-0.2, 0) is 17.3 Å². The minimum Gasteiger partial charge on any atom is -0.337 e. The number of imidazole rings is 1. The summed E-state index contributed by atoms with van der Waals surface area (Å²) in [5.41, 5.74) is -0.644. The van der Waals surface area contributed by atoms with E-state index in [9.17, 15) is 4.79 Å². The molecule has 1 saturated carbocycles. The zero-order chi connectivity index (χ0) is 9.47. The highest BCUT2D eigenvalue weighted by Gasteiger charge is 2.48. The average molecular weight is 175 g/mol. The molecule has 2 rings (SSSR count). The van der Waals surface area contributed by atoms with Gasteiger partial charge in [0.15, 0.2) is 0 Å². The minimum atomic E-state index is -0.644. The molecule has 1 heterocycles. The quantitative estimate of drug-likeness (QED) is 0.626. The van der Waals surface area contributed by atoms with Gasteiger partial charge in [0.05, 0.1) is 6.07 Å². The number of carbonyl (C=O) groups excluding carboxylic acids is 1. The Morgan fingerprint density at radius 3 is 2.77 bits per heavy atom. The molecule has 0 aliphatic heterocycles. The van der Waals surface area contributed by atoms with E-state index >= 15 is 0 Å². The highest BCUT2D eigenvalue weighted by Crippen LogP contribution is 2.39. The second-order valence-corrected chi connectivity index (χ2v) is 3.45. The number of carbonyl (C=O) groups is 1. The van der Waals surface area contributed by atoms with Crippen LogP contribution in [0.25, 0.3) is 0 Å². The van der Waals surface area contributed by atoms with Gasteiger partial charge in [0.2, 0.25) is 0 Å². The highest BCUT2D eigenvalue weighted by atomic mass is 16.1. The van der Waals surface area contributed by atoms with E-state index in [0.717, 1.165) is 0 Å². The lowest BCUT2D eigenvalue weighted by molar-refractivity contribution is -0.126. The topological polar surface area (TPSA) is 58.7 Å². The molecular formula is C9H9N3O. The Morgan fingerprint density at radius 2 is 2.38 bits per heavy atom. The first kappa shape index (κ1) is 7.99. The van der Waals surface area contributed by atoms with Crippen LogP contribution >= 0.6 is 0 Å². The molecule has 1 fully saturated rings. The van der Waals surface area contributed by atoms with Crippen LogP contribution in [0, 0.1) is 11.3 Å².